The van der Waals surface area contributed by atoms with Gasteiger partial charge in [-0.25, -0.2) is 13.9 Å². The molecule has 0 atom stereocenters. The molecule has 1 saturated heterocycles. The van der Waals surface area contributed by atoms with Gasteiger partial charge in [-0.1, -0.05) is 32.0 Å². The zero-order chi connectivity index (χ0) is 27.2. The molecular weight excluding hydrogens is 483 g/mol. The molecule has 0 unspecified atom stereocenters. The van der Waals surface area contributed by atoms with Crippen LogP contribution in [0.15, 0.2) is 54.9 Å². The zero-order valence-electron chi connectivity index (χ0n) is 22.3. The molecule has 0 bridgehead atoms. The van der Waals surface area contributed by atoms with Gasteiger partial charge in [0.15, 0.2) is 5.65 Å². The Morgan fingerprint density at radius 3 is 2.47 bits per heavy atom. The molecule has 1 aliphatic rings. The summed E-state index contributed by atoms with van der Waals surface area (Å²) in [4.78, 5) is 39.0. The molecule has 0 spiro atoms. The van der Waals surface area contributed by atoms with E-state index < -0.39 is 5.54 Å². The third-order valence-corrected chi connectivity index (χ3v) is 7.08. The average molecular weight is 515 g/mol. The Kier molecular flexibility index (Phi) is 6.46. The summed E-state index contributed by atoms with van der Waals surface area (Å²) in [6, 6.07) is 12.2. The van der Waals surface area contributed by atoms with E-state index in [2.05, 4.69) is 15.1 Å². The molecule has 0 saturated carbocycles. The fourth-order valence-electron chi connectivity index (χ4n) is 4.92. The highest BCUT2D eigenvalue weighted by Crippen LogP contribution is 2.28. The second kappa shape index (κ2) is 9.63. The summed E-state index contributed by atoms with van der Waals surface area (Å²) in [5.74, 6) is -0.551. The van der Waals surface area contributed by atoms with Crippen molar-refractivity contribution in [2.75, 3.05) is 19.6 Å². The normalized spacial score (nSPS) is 15.3. The van der Waals surface area contributed by atoms with Gasteiger partial charge in [-0.2, -0.15) is 5.10 Å². The number of fused-ring (bicyclic) bond motifs is 1. The van der Waals surface area contributed by atoms with Gasteiger partial charge in [-0.3, -0.25) is 14.6 Å². The van der Waals surface area contributed by atoms with Crippen LogP contribution in [-0.2, 0) is 0 Å². The standard InChI is InChI=1S/C29H31FN6O2/c1-18(2)21-15-24(20-10-9-19(3)22(30)14-20)33-36-16-25(32-26(21)36)28(38)35-13-12-34(17-29(35,4)5)27(37)23-8-6-7-11-31-23/h6-11,14-16,18H,12-13,17H2,1-5H3. The predicted molar refractivity (Wildman–Crippen MR) is 142 cm³/mol. The quantitative estimate of drug-likeness (QED) is 0.393. The number of carbonyl (C=O) groups excluding carboxylic acids is 2. The zero-order valence-corrected chi connectivity index (χ0v) is 22.3. The van der Waals surface area contributed by atoms with Crippen molar-refractivity contribution in [1.29, 1.82) is 0 Å². The Balaban J connectivity index is 1.45. The van der Waals surface area contributed by atoms with E-state index in [4.69, 9.17) is 0 Å². The molecule has 4 heterocycles. The first-order valence-electron chi connectivity index (χ1n) is 12.7. The van der Waals surface area contributed by atoms with Crippen LogP contribution < -0.4 is 0 Å². The van der Waals surface area contributed by atoms with E-state index in [1.165, 1.54) is 6.07 Å². The summed E-state index contributed by atoms with van der Waals surface area (Å²) in [5.41, 5.74) is 3.41. The third-order valence-electron chi connectivity index (χ3n) is 7.08. The predicted octanol–water partition coefficient (Wildman–Crippen LogP) is 4.74. The first kappa shape index (κ1) is 25.5. The summed E-state index contributed by atoms with van der Waals surface area (Å²) in [6.45, 7) is 10.9. The highest BCUT2D eigenvalue weighted by molar-refractivity contribution is 5.95. The fraction of sp³-hybridized carbons (Fsp3) is 0.345. The van der Waals surface area contributed by atoms with E-state index in [1.54, 1.807) is 57.9 Å². The number of amides is 2. The Labute approximate surface area is 221 Å². The van der Waals surface area contributed by atoms with Gasteiger partial charge in [-0.05, 0) is 56.5 Å². The van der Waals surface area contributed by atoms with Crippen molar-refractivity contribution in [2.45, 2.75) is 46.1 Å². The molecule has 5 rings (SSSR count). The van der Waals surface area contributed by atoms with Crippen molar-refractivity contribution < 1.29 is 14.0 Å². The van der Waals surface area contributed by atoms with Gasteiger partial charge in [-0.15, -0.1) is 0 Å². The maximum Gasteiger partial charge on any atom is 0.274 e. The lowest BCUT2D eigenvalue weighted by molar-refractivity contribution is 0.0163. The minimum atomic E-state index is -0.617. The van der Waals surface area contributed by atoms with Crippen molar-refractivity contribution in [3.05, 3.63) is 83.2 Å². The number of nitrogens with zero attached hydrogens (tertiary/aromatic N) is 6. The van der Waals surface area contributed by atoms with E-state index >= 15 is 0 Å². The number of hydrogen-bond donors (Lipinski definition) is 0. The van der Waals surface area contributed by atoms with Gasteiger partial charge in [0.25, 0.3) is 11.8 Å². The summed E-state index contributed by atoms with van der Waals surface area (Å²) in [6.07, 6.45) is 3.24. The van der Waals surface area contributed by atoms with Crippen LogP contribution in [0.4, 0.5) is 4.39 Å². The lowest BCUT2D eigenvalue weighted by Gasteiger charge is -2.46. The third kappa shape index (κ3) is 4.64. The van der Waals surface area contributed by atoms with Crippen LogP contribution in [0, 0.1) is 12.7 Å². The number of hydrogen-bond acceptors (Lipinski definition) is 5. The fourth-order valence-corrected chi connectivity index (χ4v) is 4.92. The molecule has 8 nitrogen and oxygen atoms in total. The number of benzene rings is 1. The molecule has 9 heteroatoms. The van der Waals surface area contributed by atoms with Crippen molar-refractivity contribution in [1.82, 2.24) is 29.4 Å². The molecule has 0 radical (unpaired) electrons. The summed E-state index contributed by atoms with van der Waals surface area (Å²) < 4.78 is 15.9. The van der Waals surface area contributed by atoms with Gasteiger partial charge in [0.2, 0.25) is 0 Å². The SMILES string of the molecule is Cc1ccc(-c2cc(C(C)C)c3nc(C(=O)N4CCN(C(=O)c5ccccn5)CC4(C)C)cn3n2)cc1F. The topological polar surface area (TPSA) is 83.7 Å². The number of carbonyl (C=O) groups is 2. The number of pyridine rings is 1. The molecule has 4 aromatic rings. The van der Waals surface area contributed by atoms with Gasteiger partial charge >= 0.3 is 0 Å². The Morgan fingerprint density at radius 1 is 1.03 bits per heavy atom. The molecule has 3 aromatic heterocycles. The van der Waals surface area contributed by atoms with Gasteiger partial charge < -0.3 is 9.80 Å². The molecule has 0 N–H and O–H groups in total. The van der Waals surface area contributed by atoms with E-state index in [0.29, 0.717) is 47.8 Å². The van der Waals surface area contributed by atoms with Crippen molar-refractivity contribution in [2.24, 2.45) is 0 Å². The van der Waals surface area contributed by atoms with Crippen LogP contribution in [0.25, 0.3) is 16.9 Å². The van der Waals surface area contributed by atoms with Gasteiger partial charge in [0.05, 0.1) is 17.4 Å². The van der Waals surface area contributed by atoms with E-state index in [1.807, 2.05) is 39.8 Å². The van der Waals surface area contributed by atoms with Crippen molar-refractivity contribution in [3.63, 3.8) is 0 Å². The van der Waals surface area contributed by atoms with Gasteiger partial charge in [0, 0.05) is 37.0 Å². The molecule has 1 aromatic carbocycles. The number of halogens is 1. The molecule has 38 heavy (non-hydrogen) atoms. The van der Waals surface area contributed by atoms with Gasteiger partial charge in [0.1, 0.15) is 17.2 Å². The maximum absolute atomic E-state index is 14.3. The second-order valence-corrected chi connectivity index (χ2v) is 10.7. The average Bonchev–Trinajstić information content (AvgIpc) is 3.33. The Hall–Kier alpha value is -4.14. The van der Waals surface area contributed by atoms with Crippen LogP contribution in [0.3, 0.4) is 0 Å². The Morgan fingerprint density at radius 2 is 1.82 bits per heavy atom. The van der Waals surface area contributed by atoms with Crippen molar-refractivity contribution in [3.8, 4) is 11.3 Å². The maximum atomic E-state index is 14.3. The highest BCUT2D eigenvalue weighted by atomic mass is 19.1. The smallest absolute Gasteiger partial charge is 0.274 e. The number of rotatable bonds is 4. The summed E-state index contributed by atoms with van der Waals surface area (Å²) in [5, 5.41) is 4.67. The lowest BCUT2D eigenvalue weighted by Crippen LogP contribution is -2.62. The van der Waals surface area contributed by atoms with Crippen LogP contribution in [-0.4, -0.2) is 66.4 Å². The van der Waals surface area contributed by atoms with E-state index in [-0.39, 0.29) is 29.2 Å². The summed E-state index contributed by atoms with van der Waals surface area (Å²) in [7, 11) is 0. The molecule has 0 aliphatic carbocycles. The molecule has 1 fully saturated rings. The number of piperazine rings is 1. The monoisotopic (exact) mass is 514 g/mol. The van der Waals surface area contributed by atoms with Crippen LogP contribution in [0.5, 0.6) is 0 Å². The number of aryl methyl sites for hydroxylation is 1. The molecule has 196 valence electrons. The summed E-state index contributed by atoms with van der Waals surface area (Å²) >= 11 is 0. The first-order chi connectivity index (χ1) is 18.0. The molecule has 2 amide bonds. The minimum Gasteiger partial charge on any atom is -0.333 e. The largest absolute Gasteiger partial charge is 0.333 e. The van der Waals surface area contributed by atoms with Crippen LogP contribution in [0.2, 0.25) is 0 Å². The number of aromatic nitrogens is 4. The highest BCUT2D eigenvalue weighted by Gasteiger charge is 2.40. The second-order valence-electron chi connectivity index (χ2n) is 10.7. The van der Waals surface area contributed by atoms with E-state index in [0.717, 1.165) is 5.56 Å². The van der Waals surface area contributed by atoms with Crippen LogP contribution in [0.1, 0.15) is 65.7 Å². The lowest BCUT2D eigenvalue weighted by atomic mass is 9.97. The van der Waals surface area contributed by atoms with Crippen molar-refractivity contribution >= 4 is 17.5 Å². The van der Waals surface area contributed by atoms with Crippen LogP contribution >= 0.6 is 0 Å². The molecular formula is C29H31FN6O2. The number of imidazole rings is 1. The molecule has 1 aliphatic heterocycles. The van der Waals surface area contributed by atoms with E-state index in [9.17, 15) is 14.0 Å². The Bertz CT molecular complexity index is 1530. The first-order valence-corrected chi connectivity index (χ1v) is 12.7. The minimum absolute atomic E-state index is 0.109.